The molecule has 0 unspecified atom stereocenters. The Labute approximate surface area is 192 Å². The lowest BCUT2D eigenvalue weighted by molar-refractivity contribution is -0.137. The van der Waals surface area contributed by atoms with Crippen molar-refractivity contribution in [1.29, 1.82) is 0 Å². The zero-order valence-electron chi connectivity index (χ0n) is 21.6. The Kier molecular flexibility index (Phi) is 23.4. The van der Waals surface area contributed by atoms with Gasteiger partial charge in [-0.1, -0.05) is 93.2 Å². The van der Waals surface area contributed by atoms with Crippen LogP contribution in [0.2, 0.25) is 11.6 Å². The average molecular weight is 419 g/mol. The van der Waals surface area contributed by atoms with E-state index in [1.165, 1.54) is 0 Å². The first kappa shape index (κ1) is 34.2. The molecule has 0 bridgehead atoms. The topological polar surface area (TPSA) is 57.5 Å². The number of carboxylic acids is 1. The third-order valence-electron chi connectivity index (χ3n) is 5.71. The summed E-state index contributed by atoms with van der Waals surface area (Å²) in [6, 6.07) is 0. The summed E-state index contributed by atoms with van der Waals surface area (Å²) in [4.78, 5) is 9.90. The number of hydrogen-bond acceptors (Lipinski definition) is 2. The third kappa shape index (κ3) is 20.9. The summed E-state index contributed by atoms with van der Waals surface area (Å²) in [5.74, 6) is 1.71. The van der Waals surface area contributed by atoms with Crippen LogP contribution in [0.3, 0.4) is 0 Å². The molecular formula is C24H50B3O3. The molecule has 173 valence electrons. The van der Waals surface area contributed by atoms with Gasteiger partial charge in [-0.15, -0.1) is 0 Å². The van der Waals surface area contributed by atoms with E-state index in [1.54, 1.807) is 0 Å². The van der Waals surface area contributed by atoms with Crippen molar-refractivity contribution < 1.29 is 15.0 Å². The van der Waals surface area contributed by atoms with Crippen LogP contribution in [-0.4, -0.2) is 45.5 Å². The standard InChI is InChI=1S/C12H24B3.C6H12O2.C6H14O/c1-6-12(5,7-2)11(15-14)10(13)8-9(3)4;1-5(2)3-4-6(7)8;1-6(2)4-3-5-7/h9-11H,6-8H2,1-5H3;5H,3-4H2,1-2H3,(H,7,8);6-7H,3-5H2,1-2H3/t10-,11+;;/m0../s1. The summed E-state index contributed by atoms with van der Waals surface area (Å²) in [5, 5.41) is 16.5. The molecule has 0 rings (SSSR count). The molecule has 0 saturated heterocycles. The van der Waals surface area contributed by atoms with Gasteiger partial charge in [-0.05, 0) is 42.4 Å². The van der Waals surface area contributed by atoms with E-state index in [2.05, 4.69) is 48.5 Å². The Hall–Kier alpha value is -0.375. The summed E-state index contributed by atoms with van der Waals surface area (Å²) >= 11 is 0. The molecule has 2 atom stereocenters. The molecule has 3 nitrogen and oxygen atoms in total. The SMILES string of the molecule is CC(C)CCC(=O)O.CC(C)CCCO.[B][B][C@H]([C@@H]([B])CC(C)C)C(C)(CC)CC. The normalized spacial score (nSPS) is 13.2. The zero-order chi connectivity index (χ0) is 24.3. The molecule has 0 fully saturated rings. The number of aliphatic hydroxyl groups is 1. The monoisotopic (exact) mass is 419 g/mol. The van der Waals surface area contributed by atoms with E-state index in [9.17, 15) is 4.79 Å². The number of aliphatic hydroxyl groups excluding tert-OH is 1. The minimum absolute atomic E-state index is 0.194. The van der Waals surface area contributed by atoms with Crippen molar-refractivity contribution in [3.05, 3.63) is 0 Å². The summed E-state index contributed by atoms with van der Waals surface area (Å²) in [7, 11) is 13.9. The van der Waals surface area contributed by atoms with Crippen molar-refractivity contribution >= 4 is 28.7 Å². The number of aliphatic carboxylic acids is 1. The van der Waals surface area contributed by atoms with Gasteiger partial charge in [-0.2, -0.15) is 0 Å². The van der Waals surface area contributed by atoms with E-state index in [0.29, 0.717) is 30.7 Å². The first-order chi connectivity index (χ1) is 13.8. The summed E-state index contributed by atoms with van der Waals surface area (Å²) < 4.78 is 0. The van der Waals surface area contributed by atoms with Gasteiger partial charge in [0, 0.05) is 20.8 Å². The van der Waals surface area contributed by atoms with Crippen LogP contribution in [0.25, 0.3) is 0 Å². The number of carbonyl (C=O) groups is 1. The molecule has 30 heavy (non-hydrogen) atoms. The fourth-order valence-electron chi connectivity index (χ4n) is 3.22. The van der Waals surface area contributed by atoms with E-state index in [-0.39, 0.29) is 11.2 Å². The molecule has 0 aromatic heterocycles. The van der Waals surface area contributed by atoms with Crippen molar-refractivity contribution in [2.45, 2.75) is 119 Å². The number of rotatable bonds is 13. The average Bonchev–Trinajstić information content (AvgIpc) is 2.65. The van der Waals surface area contributed by atoms with Crippen LogP contribution in [0.15, 0.2) is 0 Å². The van der Waals surface area contributed by atoms with Crippen molar-refractivity contribution in [1.82, 2.24) is 0 Å². The van der Waals surface area contributed by atoms with Gasteiger partial charge in [-0.3, -0.25) is 4.79 Å². The van der Waals surface area contributed by atoms with Crippen LogP contribution in [0, 0.1) is 23.2 Å². The Morgan fingerprint density at radius 3 is 1.63 bits per heavy atom. The predicted molar refractivity (Wildman–Crippen MR) is 136 cm³/mol. The maximum atomic E-state index is 9.90. The maximum absolute atomic E-state index is 9.90. The van der Waals surface area contributed by atoms with Crippen molar-refractivity contribution in [3.63, 3.8) is 0 Å². The molecule has 0 spiro atoms. The Bertz CT molecular complexity index is 384. The first-order valence-corrected chi connectivity index (χ1v) is 11.9. The fourth-order valence-corrected chi connectivity index (χ4v) is 3.22. The highest BCUT2D eigenvalue weighted by Crippen LogP contribution is 2.46. The number of carboxylic acid groups (broad SMARTS) is 1. The second-order valence-electron chi connectivity index (χ2n) is 9.96. The Morgan fingerprint density at radius 2 is 1.43 bits per heavy atom. The van der Waals surface area contributed by atoms with Crippen LogP contribution in [-0.2, 0) is 4.79 Å². The summed E-state index contributed by atoms with van der Waals surface area (Å²) in [6.45, 7) is 19.9. The smallest absolute Gasteiger partial charge is 0.303 e. The molecule has 0 heterocycles. The van der Waals surface area contributed by atoms with E-state index < -0.39 is 5.97 Å². The molecule has 6 heteroatoms. The van der Waals surface area contributed by atoms with Crippen LogP contribution < -0.4 is 0 Å². The van der Waals surface area contributed by atoms with Crippen LogP contribution in [0.5, 0.6) is 0 Å². The summed E-state index contributed by atoms with van der Waals surface area (Å²) in [6.07, 6.45) is 6.51. The van der Waals surface area contributed by atoms with Gasteiger partial charge in [0.15, 0.2) is 0 Å². The molecule has 0 amide bonds. The summed E-state index contributed by atoms with van der Waals surface area (Å²) in [5.41, 5.74) is 0.253. The van der Waals surface area contributed by atoms with E-state index >= 15 is 0 Å². The predicted octanol–water partition coefficient (Wildman–Crippen LogP) is 6.31. The lowest BCUT2D eigenvalue weighted by atomic mass is 9.35. The molecule has 2 N–H and O–H groups in total. The van der Waals surface area contributed by atoms with Crippen LogP contribution >= 0.6 is 0 Å². The Balaban J connectivity index is -0.000000408. The molecule has 0 aliphatic carbocycles. The largest absolute Gasteiger partial charge is 0.481 e. The van der Waals surface area contributed by atoms with Gasteiger partial charge in [0.25, 0.3) is 0 Å². The lowest BCUT2D eigenvalue weighted by Crippen LogP contribution is -2.30. The first-order valence-electron chi connectivity index (χ1n) is 11.9. The molecule has 0 aliphatic rings. The van der Waals surface area contributed by atoms with Gasteiger partial charge >= 0.3 is 5.97 Å². The molecule has 0 aromatic rings. The van der Waals surface area contributed by atoms with E-state index in [1.807, 2.05) is 21.0 Å². The van der Waals surface area contributed by atoms with Gasteiger partial charge in [0.05, 0.1) is 15.0 Å². The minimum atomic E-state index is -0.696. The zero-order valence-corrected chi connectivity index (χ0v) is 21.6. The van der Waals surface area contributed by atoms with E-state index in [0.717, 1.165) is 44.4 Å². The van der Waals surface area contributed by atoms with E-state index in [4.69, 9.17) is 25.8 Å². The van der Waals surface area contributed by atoms with Crippen molar-refractivity contribution in [2.75, 3.05) is 6.61 Å². The highest BCUT2D eigenvalue weighted by molar-refractivity contribution is 6.90. The van der Waals surface area contributed by atoms with Crippen LogP contribution in [0.1, 0.15) is 107 Å². The lowest BCUT2D eigenvalue weighted by Gasteiger charge is -2.41. The maximum Gasteiger partial charge on any atom is 0.303 e. The second kappa shape index (κ2) is 20.5. The molecule has 5 radical (unpaired) electrons. The van der Waals surface area contributed by atoms with Crippen LogP contribution in [0.4, 0.5) is 0 Å². The quantitative estimate of drug-likeness (QED) is 0.344. The third-order valence-corrected chi connectivity index (χ3v) is 5.71. The highest BCUT2D eigenvalue weighted by Gasteiger charge is 2.32. The van der Waals surface area contributed by atoms with Gasteiger partial charge in [0.1, 0.15) is 0 Å². The van der Waals surface area contributed by atoms with Crippen molar-refractivity contribution in [3.8, 4) is 0 Å². The van der Waals surface area contributed by atoms with Gasteiger partial charge in [0.2, 0.25) is 0 Å². The van der Waals surface area contributed by atoms with Gasteiger partial charge < -0.3 is 10.2 Å². The molecule has 0 aromatic carbocycles. The minimum Gasteiger partial charge on any atom is -0.481 e. The second-order valence-corrected chi connectivity index (χ2v) is 9.96. The Morgan fingerprint density at radius 1 is 0.967 bits per heavy atom. The van der Waals surface area contributed by atoms with Crippen molar-refractivity contribution in [2.24, 2.45) is 23.2 Å². The molecular weight excluding hydrogens is 369 g/mol. The molecule has 0 saturated carbocycles. The van der Waals surface area contributed by atoms with Gasteiger partial charge in [-0.25, -0.2) is 0 Å². The highest BCUT2D eigenvalue weighted by atomic mass is 16.4. The molecule has 0 aliphatic heterocycles. The number of hydrogen-bond donors (Lipinski definition) is 2. The fraction of sp³-hybridized carbons (Fsp3) is 0.958.